The standard InChI is InChI=1S/C22H19ClN2O6/c1-29-8-7-25-18(12-3-5-24-6-4-12)17(20(27)22(25)28)19(26)15-10-13-9-14(23)11-16(30-2)21(13)31-15/h3-6,9-11,18,27H,7-8H2,1-2H3. The monoisotopic (exact) mass is 442 g/mol. The summed E-state index contributed by atoms with van der Waals surface area (Å²) in [6.45, 7) is 0.426. The number of Topliss-reactive ketones (excluding diaryl/α,β-unsaturated/α-hetero) is 1. The third-order valence-corrected chi connectivity index (χ3v) is 5.32. The Kier molecular flexibility index (Phi) is 5.67. The first kappa shape index (κ1) is 20.9. The SMILES string of the molecule is COCCN1C(=O)C(O)=C(C(=O)c2cc3cc(Cl)cc(OC)c3o2)C1c1ccncc1. The topological polar surface area (TPSA) is 102 Å². The molecule has 9 heteroatoms. The molecule has 8 nitrogen and oxygen atoms in total. The van der Waals surface area contributed by atoms with Crippen molar-refractivity contribution in [2.75, 3.05) is 27.4 Å². The molecule has 0 saturated carbocycles. The number of furan rings is 1. The van der Waals surface area contributed by atoms with Crippen molar-refractivity contribution in [1.82, 2.24) is 9.88 Å². The number of ether oxygens (including phenoxy) is 2. The van der Waals surface area contributed by atoms with E-state index in [9.17, 15) is 14.7 Å². The lowest BCUT2D eigenvalue weighted by Gasteiger charge is -2.26. The number of rotatable bonds is 7. The minimum absolute atomic E-state index is 0.0439. The molecule has 0 radical (unpaired) electrons. The van der Waals surface area contributed by atoms with E-state index in [0.717, 1.165) is 0 Å². The highest BCUT2D eigenvalue weighted by atomic mass is 35.5. The van der Waals surface area contributed by atoms with Crippen LogP contribution in [0.5, 0.6) is 5.75 Å². The van der Waals surface area contributed by atoms with E-state index in [1.54, 1.807) is 36.7 Å². The molecule has 1 unspecified atom stereocenters. The van der Waals surface area contributed by atoms with Crippen molar-refractivity contribution in [2.45, 2.75) is 6.04 Å². The highest BCUT2D eigenvalue weighted by Crippen LogP contribution is 2.40. The fraction of sp³-hybridized carbons (Fsp3) is 0.227. The van der Waals surface area contributed by atoms with Gasteiger partial charge in [0, 0.05) is 42.5 Å². The van der Waals surface area contributed by atoms with E-state index in [2.05, 4.69) is 4.98 Å². The smallest absolute Gasteiger partial charge is 0.290 e. The maximum Gasteiger partial charge on any atom is 0.290 e. The fourth-order valence-electron chi connectivity index (χ4n) is 3.68. The zero-order chi connectivity index (χ0) is 22.1. The van der Waals surface area contributed by atoms with E-state index in [4.69, 9.17) is 25.5 Å². The number of nitrogens with zero attached hydrogens (tertiary/aromatic N) is 2. The van der Waals surface area contributed by atoms with Gasteiger partial charge in [-0.25, -0.2) is 0 Å². The van der Waals surface area contributed by atoms with E-state index in [0.29, 0.717) is 27.3 Å². The largest absolute Gasteiger partial charge is 0.503 e. The van der Waals surface area contributed by atoms with Crippen molar-refractivity contribution in [3.8, 4) is 5.75 Å². The number of pyridine rings is 1. The average Bonchev–Trinajstić information content (AvgIpc) is 3.31. The molecule has 4 rings (SSSR count). The summed E-state index contributed by atoms with van der Waals surface area (Å²) in [4.78, 5) is 31.6. The Hall–Kier alpha value is -3.36. The molecule has 1 aliphatic heterocycles. The van der Waals surface area contributed by atoms with E-state index < -0.39 is 23.5 Å². The Morgan fingerprint density at radius 3 is 2.68 bits per heavy atom. The predicted octanol–water partition coefficient (Wildman–Crippen LogP) is 3.71. The van der Waals surface area contributed by atoms with Crippen LogP contribution in [0.4, 0.5) is 0 Å². The molecule has 2 aromatic heterocycles. The van der Waals surface area contributed by atoms with Crippen molar-refractivity contribution in [1.29, 1.82) is 0 Å². The van der Waals surface area contributed by atoms with Gasteiger partial charge in [0.25, 0.3) is 5.91 Å². The summed E-state index contributed by atoms with van der Waals surface area (Å²) in [7, 11) is 2.97. The molecule has 0 aliphatic carbocycles. The lowest BCUT2D eigenvalue weighted by atomic mass is 9.96. The van der Waals surface area contributed by atoms with Crippen LogP contribution in [-0.4, -0.2) is 54.1 Å². The second-order valence-corrected chi connectivity index (χ2v) is 7.34. The second-order valence-electron chi connectivity index (χ2n) is 6.90. The Bertz CT molecular complexity index is 1190. The maximum atomic E-state index is 13.4. The van der Waals surface area contributed by atoms with E-state index in [-0.39, 0.29) is 24.5 Å². The number of halogens is 1. The van der Waals surface area contributed by atoms with Gasteiger partial charge in [-0.3, -0.25) is 14.6 Å². The summed E-state index contributed by atoms with van der Waals surface area (Å²) >= 11 is 6.11. The third-order valence-electron chi connectivity index (χ3n) is 5.10. The Balaban J connectivity index is 1.81. The molecular weight excluding hydrogens is 424 g/mol. The number of hydrogen-bond acceptors (Lipinski definition) is 7. The summed E-state index contributed by atoms with van der Waals surface area (Å²) in [6, 6.07) is 7.29. The number of aromatic nitrogens is 1. The summed E-state index contributed by atoms with van der Waals surface area (Å²) in [5.74, 6) is -1.55. The van der Waals surface area contributed by atoms with Crippen LogP contribution in [0.3, 0.4) is 0 Å². The first-order chi connectivity index (χ1) is 15.0. The van der Waals surface area contributed by atoms with Crippen LogP contribution in [0.1, 0.15) is 22.2 Å². The van der Waals surface area contributed by atoms with E-state index >= 15 is 0 Å². The summed E-state index contributed by atoms with van der Waals surface area (Å²) < 4.78 is 16.1. The molecule has 0 spiro atoms. The molecule has 1 amide bonds. The molecule has 1 aliphatic rings. The quantitative estimate of drug-likeness (QED) is 0.556. The van der Waals surface area contributed by atoms with Gasteiger partial charge in [-0.2, -0.15) is 0 Å². The molecule has 31 heavy (non-hydrogen) atoms. The van der Waals surface area contributed by atoms with Gasteiger partial charge in [0.15, 0.2) is 22.9 Å². The lowest BCUT2D eigenvalue weighted by Crippen LogP contribution is -2.34. The maximum absolute atomic E-state index is 13.4. The number of ketones is 1. The molecule has 160 valence electrons. The Morgan fingerprint density at radius 2 is 2.00 bits per heavy atom. The Labute approximate surface area is 182 Å². The van der Waals surface area contributed by atoms with E-state index in [1.807, 2.05) is 0 Å². The number of carbonyl (C=O) groups is 2. The highest BCUT2D eigenvalue weighted by Gasteiger charge is 2.44. The van der Waals surface area contributed by atoms with Crippen LogP contribution in [-0.2, 0) is 9.53 Å². The van der Waals surface area contributed by atoms with Gasteiger partial charge in [0.1, 0.15) is 0 Å². The average molecular weight is 443 g/mol. The van der Waals surface area contributed by atoms with Gasteiger partial charge in [-0.05, 0) is 29.8 Å². The van der Waals surface area contributed by atoms with Crippen LogP contribution in [0, 0.1) is 0 Å². The van der Waals surface area contributed by atoms with Gasteiger partial charge in [0.05, 0.1) is 25.3 Å². The number of carbonyl (C=O) groups excluding carboxylic acids is 2. The first-order valence-corrected chi connectivity index (χ1v) is 9.78. The number of methoxy groups -OCH3 is 2. The molecule has 0 fully saturated rings. The molecule has 1 aromatic carbocycles. The number of benzene rings is 1. The number of amides is 1. The van der Waals surface area contributed by atoms with Gasteiger partial charge in [-0.15, -0.1) is 0 Å². The Morgan fingerprint density at radius 1 is 1.26 bits per heavy atom. The van der Waals surface area contributed by atoms with Crippen LogP contribution in [0.25, 0.3) is 11.0 Å². The van der Waals surface area contributed by atoms with Gasteiger partial charge in [0.2, 0.25) is 5.78 Å². The van der Waals surface area contributed by atoms with Crippen LogP contribution in [0.15, 0.2) is 58.5 Å². The number of aliphatic hydroxyl groups is 1. The third kappa shape index (κ3) is 3.64. The molecule has 1 atom stereocenters. The zero-order valence-electron chi connectivity index (χ0n) is 16.8. The first-order valence-electron chi connectivity index (χ1n) is 9.41. The molecular formula is C22H19ClN2O6. The van der Waals surface area contributed by atoms with Crippen LogP contribution >= 0.6 is 11.6 Å². The van der Waals surface area contributed by atoms with Crippen molar-refractivity contribution < 1.29 is 28.6 Å². The van der Waals surface area contributed by atoms with Crippen LogP contribution in [0.2, 0.25) is 5.02 Å². The molecule has 0 bridgehead atoms. The van der Waals surface area contributed by atoms with Crippen molar-refractivity contribution in [3.63, 3.8) is 0 Å². The summed E-state index contributed by atoms with van der Waals surface area (Å²) in [6.07, 6.45) is 3.11. The fourth-order valence-corrected chi connectivity index (χ4v) is 3.90. The van der Waals surface area contributed by atoms with Crippen molar-refractivity contribution >= 4 is 34.3 Å². The van der Waals surface area contributed by atoms with Gasteiger partial charge in [-0.1, -0.05) is 11.6 Å². The molecule has 3 heterocycles. The lowest BCUT2D eigenvalue weighted by molar-refractivity contribution is -0.130. The molecule has 1 N–H and O–H groups in total. The second kappa shape index (κ2) is 8.41. The normalized spacial score (nSPS) is 16.4. The minimum atomic E-state index is -0.808. The van der Waals surface area contributed by atoms with Crippen molar-refractivity contribution in [2.24, 2.45) is 0 Å². The van der Waals surface area contributed by atoms with Crippen molar-refractivity contribution in [3.05, 3.63) is 70.4 Å². The van der Waals surface area contributed by atoms with E-state index in [1.165, 1.54) is 25.2 Å². The predicted molar refractivity (Wildman–Crippen MR) is 112 cm³/mol. The summed E-state index contributed by atoms with van der Waals surface area (Å²) in [5, 5.41) is 11.6. The molecule has 3 aromatic rings. The minimum Gasteiger partial charge on any atom is -0.503 e. The highest BCUT2D eigenvalue weighted by molar-refractivity contribution is 6.31. The number of fused-ring (bicyclic) bond motifs is 1. The number of aliphatic hydroxyl groups excluding tert-OH is 1. The molecule has 0 saturated heterocycles. The zero-order valence-corrected chi connectivity index (χ0v) is 17.5. The van der Waals surface area contributed by atoms with Gasteiger partial charge >= 0.3 is 0 Å². The van der Waals surface area contributed by atoms with Gasteiger partial charge < -0.3 is 23.9 Å². The number of hydrogen-bond donors (Lipinski definition) is 1. The summed E-state index contributed by atoms with van der Waals surface area (Å²) in [5.41, 5.74) is 0.899. The van der Waals surface area contributed by atoms with Crippen LogP contribution < -0.4 is 4.74 Å².